The van der Waals surface area contributed by atoms with E-state index in [-0.39, 0.29) is 11.8 Å². The van der Waals surface area contributed by atoms with Gasteiger partial charge in [0, 0.05) is 36.2 Å². The molecule has 2 aliphatic rings. The van der Waals surface area contributed by atoms with Crippen molar-refractivity contribution in [3.63, 3.8) is 0 Å². The van der Waals surface area contributed by atoms with Gasteiger partial charge in [0.2, 0.25) is 0 Å². The number of aromatic nitrogens is 1. The van der Waals surface area contributed by atoms with Crippen LogP contribution in [0, 0.1) is 5.92 Å². The molecule has 1 saturated heterocycles. The Hall–Kier alpha value is -4.76. The predicted molar refractivity (Wildman–Crippen MR) is 186 cm³/mol. The molecule has 1 fully saturated rings. The average molecular weight is 638 g/mol. The van der Waals surface area contributed by atoms with E-state index in [0.29, 0.717) is 60.7 Å². The molecule has 9 nitrogen and oxygen atoms in total. The van der Waals surface area contributed by atoms with Crippen molar-refractivity contribution < 1.29 is 28.5 Å². The van der Waals surface area contributed by atoms with Crippen molar-refractivity contribution in [2.45, 2.75) is 33.6 Å². The van der Waals surface area contributed by atoms with Crippen molar-refractivity contribution >= 4 is 39.8 Å². The zero-order valence-corrected chi connectivity index (χ0v) is 27.9. The van der Waals surface area contributed by atoms with E-state index in [0.717, 1.165) is 64.9 Å². The van der Waals surface area contributed by atoms with Crippen LogP contribution in [0.3, 0.4) is 0 Å². The number of allylic oxidation sites excluding steroid dienone is 1. The minimum atomic E-state index is -0.213. The molecular weight excluding hydrogens is 594 g/mol. The Morgan fingerprint density at radius 3 is 2.47 bits per heavy atom. The second-order valence-electron chi connectivity index (χ2n) is 11.8. The van der Waals surface area contributed by atoms with Crippen LogP contribution < -0.4 is 29.2 Å². The van der Waals surface area contributed by atoms with E-state index in [1.807, 2.05) is 68.4 Å². The highest BCUT2D eigenvalue weighted by Crippen LogP contribution is 2.43. The molecule has 4 aromatic rings. The first-order valence-corrected chi connectivity index (χ1v) is 16.4. The number of nitrogens with zero attached hydrogens (tertiary/aromatic N) is 2. The third-order valence-electron chi connectivity index (χ3n) is 8.67. The summed E-state index contributed by atoms with van der Waals surface area (Å²) in [6.45, 7) is 9.85. The number of morpholine rings is 1. The third-order valence-corrected chi connectivity index (χ3v) is 8.67. The Kier molecular flexibility index (Phi) is 9.82. The molecule has 1 aliphatic heterocycles. The molecule has 3 aromatic carbocycles. The molecule has 1 aromatic heterocycles. The number of pyridine rings is 1. The lowest BCUT2D eigenvalue weighted by molar-refractivity contribution is 0.102. The van der Waals surface area contributed by atoms with Gasteiger partial charge in [-0.05, 0) is 62.0 Å². The molecule has 1 aliphatic carbocycles. The number of anilines is 2. The average Bonchev–Trinajstić information content (AvgIpc) is 3.08. The van der Waals surface area contributed by atoms with Gasteiger partial charge >= 0.3 is 0 Å². The second-order valence-corrected chi connectivity index (χ2v) is 11.8. The van der Waals surface area contributed by atoms with E-state index >= 15 is 0 Å². The molecular formula is C38H43N3O6. The molecule has 9 heteroatoms. The summed E-state index contributed by atoms with van der Waals surface area (Å²) in [6, 6.07) is 17.5. The molecule has 0 saturated carbocycles. The highest BCUT2D eigenvalue weighted by atomic mass is 16.5. The third kappa shape index (κ3) is 6.58. The number of fused-ring (bicyclic) bond motifs is 2. The maximum Gasteiger partial charge on any atom is 0.256 e. The van der Waals surface area contributed by atoms with Crippen LogP contribution in [0.25, 0.3) is 22.6 Å². The van der Waals surface area contributed by atoms with Gasteiger partial charge in [-0.25, -0.2) is 4.98 Å². The quantitative estimate of drug-likeness (QED) is 0.194. The maximum absolute atomic E-state index is 14.5. The Morgan fingerprint density at radius 2 is 1.72 bits per heavy atom. The lowest BCUT2D eigenvalue weighted by atomic mass is 9.80. The monoisotopic (exact) mass is 637 g/mol. The molecule has 0 radical (unpaired) electrons. The zero-order valence-electron chi connectivity index (χ0n) is 27.9. The van der Waals surface area contributed by atoms with E-state index in [4.69, 9.17) is 28.7 Å². The van der Waals surface area contributed by atoms with Crippen LogP contribution in [0.1, 0.15) is 54.4 Å². The van der Waals surface area contributed by atoms with Crippen LogP contribution >= 0.6 is 0 Å². The van der Waals surface area contributed by atoms with Crippen molar-refractivity contribution in [3.05, 3.63) is 77.0 Å². The first-order chi connectivity index (χ1) is 22.9. The number of carbonyl (C=O) groups is 1. The Morgan fingerprint density at radius 1 is 0.957 bits per heavy atom. The van der Waals surface area contributed by atoms with E-state index in [9.17, 15) is 4.79 Å². The lowest BCUT2D eigenvalue weighted by Crippen LogP contribution is -2.36. The van der Waals surface area contributed by atoms with Gasteiger partial charge in [0.25, 0.3) is 5.91 Å². The van der Waals surface area contributed by atoms with Gasteiger partial charge < -0.3 is 33.9 Å². The van der Waals surface area contributed by atoms with Crippen molar-refractivity contribution in [1.82, 2.24) is 4.98 Å². The molecule has 2 heterocycles. The Bertz CT molecular complexity index is 1800. The molecule has 0 spiro atoms. The Labute approximate surface area is 276 Å². The van der Waals surface area contributed by atoms with Gasteiger partial charge in [0.05, 0.1) is 68.8 Å². The minimum Gasteiger partial charge on any atom is -0.493 e. The molecule has 1 N–H and O–H groups in total. The molecule has 246 valence electrons. The van der Waals surface area contributed by atoms with Crippen molar-refractivity contribution in [2.75, 3.05) is 64.0 Å². The van der Waals surface area contributed by atoms with Gasteiger partial charge in [-0.15, -0.1) is 0 Å². The van der Waals surface area contributed by atoms with Crippen LogP contribution in [-0.4, -0.2) is 64.6 Å². The number of hydrogen-bond acceptors (Lipinski definition) is 8. The van der Waals surface area contributed by atoms with Crippen LogP contribution in [0.4, 0.5) is 11.4 Å². The van der Waals surface area contributed by atoms with Gasteiger partial charge in [0.15, 0.2) is 11.5 Å². The first kappa shape index (κ1) is 32.2. The zero-order chi connectivity index (χ0) is 32.9. The molecule has 1 atom stereocenters. The molecule has 0 unspecified atom stereocenters. The first-order valence-electron chi connectivity index (χ1n) is 16.4. The van der Waals surface area contributed by atoms with Gasteiger partial charge in [0.1, 0.15) is 11.5 Å². The number of para-hydroxylation sites is 2. The van der Waals surface area contributed by atoms with Crippen LogP contribution in [0.15, 0.2) is 54.6 Å². The topological polar surface area (TPSA) is 91.4 Å². The number of ether oxygens (including phenoxy) is 5. The SMILES string of the molecule is CCOc1cc(N2CCOCC2)c(OCC)cc1NC(=O)c1c2c(nc3ccccc13)/C(=C/c1cccc(OC)c1OC)C[C@H](C)C2. The highest BCUT2D eigenvalue weighted by Gasteiger charge is 2.29. The predicted octanol–water partition coefficient (Wildman–Crippen LogP) is 7.26. The van der Waals surface area contributed by atoms with E-state index in [1.165, 1.54) is 0 Å². The fraction of sp³-hybridized carbons (Fsp3) is 0.368. The van der Waals surface area contributed by atoms with Gasteiger partial charge in [-0.2, -0.15) is 0 Å². The van der Waals surface area contributed by atoms with Crippen LogP contribution in [0.2, 0.25) is 0 Å². The summed E-state index contributed by atoms with van der Waals surface area (Å²) >= 11 is 0. The summed E-state index contributed by atoms with van der Waals surface area (Å²) in [6.07, 6.45) is 3.65. The number of rotatable bonds is 10. The largest absolute Gasteiger partial charge is 0.493 e. The van der Waals surface area contributed by atoms with Crippen molar-refractivity contribution in [3.8, 4) is 23.0 Å². The molecule has 47 heavy (non-hydrogen) atoms. The summed E-state index contributed by atoms with van der Waals surface area (Å²) < 4.78 is 29.1. The molecule has 6 rings (SSSR count). The molecule has 0 bridgehead atoms. The van der Waals surface area contributed by atoms with Crippen molar-refractivity contribution in [2.24, 2.45) is 5.92 Å². The summed E-state index contributed by atoms with van der Waals surface area (Å²) in [5.41, 5.74) is 6.59. The minimum absolute atomic E-state index is 0.213. The van der Waals surface area contributed by atoms with Crippen LogP contribution in [-0.2, 0) is 11.2 Å². The Balaban J connectivity index is 1.47. The number of nitrogens with one attached hydrogen (secondary N) is 1. The summed E-state index contributed by atoms with van der Waals surface area (Å²) in [4.78, 5) is 21.9. The fourth-order valence-corrected chi connectivity index (χ4v) is 6.64. The van der Waals surface area contributed by atoms with Crippen LogP contribution in [0.5, 0.6) is 23.0 Å². The normalized spacial score (nSPS) is 16.9. The number of carbonyl (C=O) groups excluding carboxylic acids is 1. The van der Waals surface area contributed by atoms with Gasteiger partial charge in [-0.1, -0.05) is 37.3 Å². The number of amides is 1. The van der Waals surface area contributed by atoms with Gasteiger partial charge in [-0.3, -0.25) is 4.79 Å². The highest BCUT2D eigenvalue weighted by molar-refractivity contribution is 6.15. The second kappa shape index (κ2) is 14.3. The summed E-state index contributed by atoms with van der Waals surface area (Å²) in [7, 11) is 3.28. The number of methoxy groups -OCH3 is 2. The standard InChI is InChI=1S/C38H43N3O6/c1-6-46-33-23-31(41-15-17-45-18-16-41)34(47-7-2)22-30(33)40-38(42)35-27-12-8-9-13-29(27)39-36-26(19-24(3)20-28(35)36)21-25-11-10-14-32(43-4)37(25)44-5/h8-14,21-24H,6-7,15-20H2,1-5H3,(H,40,42)/b26-21+/t24-/m0/s1. The van der Waals surface area contributed by atoms with E-state index < -0.39 is 0 Å². The smallest absolute Gasteiger partial charge is 0.256 e. The number of hydrogen-bond donors (Lipinski definition) is 1. The molecule has 1 amide bonds. The summed E-state index contributed by atoms with van der Waals surface area (Å²) in [5, 5.41) is 4.03. The maximum atomic E-state index is 14.5. The number of benzene rings is 3. The van der Waals surface area contributed by atoms with E-state index in [1.54, 1.807) is 14.2 Å². The fourth-order valence-electron chi connectivity index (χ4n) is 6.64. The van der Waals surface area contributed by atoms with Crippen molar-refractivity contribution in [1.29, 1.82) is 0 Å². The summed E-state index contributed by atoms with van der Waals surface area (Å²) in [5.74, 6) is 2.69. The van der Waals surface area contributed by atoms with E-state index in [2.05, 4.69) is 23.2 Å². The lowest BCUT2D eigenvalue weighted by Gasteiger charge is -2.31.